The highest BCUT2D eigenvalue weighted by molar-refractivity contribution is 7.99. The first kappa shape index (κ1) is 12.4. The van der Waals surface area contributed by atoms with Gasteiger partial charge in [-0.15, -0.1) is 5.10 Å². The fourth-order valence-electron chi connectivity index (χ4n) is 1.77. The second-order valence-electron chi connectivity index (χ2n) is 4.63. The van der Waals surface area contributed by atoms with Gasteiger partial charge >= 0.3 is 0 Å². The van der Waals surface area contributed by atoms with Crippen LogP contribution in [0.3, 0.4) is 0 Å². The lowest BCUT2D eigenvalue weighted by atomic mass is 10.2. The van der Waals surface area contributed by atoms with Crippen LogP contribution in [0, 0.1) is 0 Å². The van der Waals surface area contributed by atoms with E-state index in [9.17, 15) is 4.79 Å². The van der Waals surface area contributed by atoms with Crippen LogP contribution in [0.2, 0.25) is 0 Å². The molecule has 1 aliphatic rings. The van der Waals surface area contributed by atoms with E-state index >= 15 is 0 Å². The average molecular weight is 254 g/mol. The van der Waals surface area contributed by atoms with Crippen molar-refractivity contribution in [2.45, 2.75) is 31.9 Å². The predicted molar refractivity (Wildman–Crippen MR) is 68.3 cm³/mol. The minimum absolute atomic E-state index is 0.0553. The van der Waals surface area contributed by atoms with Gasteiger partial charge in [0, 0.05) is 30.0 Å². The number of nitrogens with zero attached hydrogens (tertiary/aromatic N) is 3. The van der Waals surface area contributed by atoms with E-state index in [0.717, 1.165) is 24.7 Å². The van der Waals surface area contributed by atoms with Gasteiger partial charge in [-0.3, -0.25) is 9.89 Å². The normalized spacial score (nSPS) is 20.9. The summed E-state index contributed by atoms with van der Waals surface area (Å²) >= 11 is 1.90. The van der Waals surface area contributed by atoms with Crippen molar-refractivity contribution in [3.05, 3.63) is 11.6 Å². The molecule has 1 aromatic rings. The van der Waals surface area contributed by atoms with Crippen molar-refractivity contribution in [1.29, 1.82) is 0 Å². The van der Waals surface area contributed by atoms with Crippen molar-refractivity contribution in [1.82, 2.24) is 20.1 Å². The zero-order valence-electron chi connectivity index (χ0n) is 10.4. The molecule has 1 atom stereocenters. The Labute approximate surface area is 105 Å². The van der Waals surface area contributed by atoms with E-state index < -0.39 is 0 Å². The predicted octanol–water partition coefficient (Wildman–Crippen LogP) is 1.51. The van der Waals surface area contributed by atoms with Crippen LogP contribution < -0.4 is 0 Å². The molecule has 1 amide bonds. The maximum absolute atomic E-state index is 12.2. The van der Waals surface area contributed by atoms with Crippen LogP contribution in [0.4, 0.5) is 0 Å². The number of carbonyl (C=O) groups is 1. The Bertz CT molecular complexity index is 404. The molecule has 0 spiro atoms. The van der Waals surface area contributed by atoms with Gasteiger partial charge in [0.05, 0.1) is 0 Å². The molecule has 6 heteroatoms. The quantitative estimate of drug-likeness (QED) is 0.869. The molecular weight excluding hydrogens is 236 g/mol. The third-order valence-electron chi connectivity index (χ3n) is 2.77. The van der Waals surface area contributed by atoms with E-state index in [-0.39, 0.29) is 11.8 Å². The largest absolute Gasteiger partial charge is 0.334 e. The molecule has 1 aromatic heterocycles. The summed E-state index contributed by atoms with van der Waals surface area (Å²) in [5, 5.41) is 7.32. The van der Waals surface area contributed by atoms with Crippen LogP contribution in [-0.4, -0.2) is 50.1 Å². The molecule has 0 aromatic carbocycles. The standard InChI is InChI=1S/C11H18N4OS/c1-7(2)9-12-10(14-13-9)11(16)15-4-5-17-8(3)6-15/h7-8H,4-6H2,1-3H3,(H,12,13,14). The molecule has 94 valence electrons. The van der Waals surface area contributed by atoms with Crippen LogP contribution in [0.15, 0.2) is 0 Å². The van der Waals surface area contributed by atoms with E-state index in [1.165, 1.54) is 0 Å². The van der Waals surface area contributed by atoms with Gasteiger partial charge in [0.15, 0.2) is 0 Å². The number of nitrogens with one attached hydrogen (secondary N) is 1. The highest BCUT2D eigenvalue weighted by atomic mass is 32.2. The van der Waals surface area contributed by atoms with Crippen LogP contribution in [0.25, 0.3) is 0 Å². The van der Waals surface area contributed by atoms with E-state index in [1.807, 2.05) is 30.5 Å². The second kappa shape index (κ2) is 5.08. The number of aromatic amines is 1. The molecule has 1 saturated heterocycles. The minimum atomic E-state index is -0.0553. The molecule has 2 heterocycles. The van der Waals surface area contributed by atoms with Crippen molar-refractivity contribution in [3.63, 3.8) is 0 Å². The van der Waals surface area contributed by atoms with Gasteiger partial charge in [-0.2, -0.15) is 11.8 Å². The summed E-state index contributed by atoms with van der Waals surface area (Å²) in [5.41, 5.74) is 0. The molecule has 0 bridgehead atoms. The van der Waals surface area contributed by atoms with Gasteiger partial charge in [0.1, 0.15) is 5.82 Å². The number of hydrogen-bond acceptors (Lipinski definition) is 4. The fourth-order valence-corrected chi connectivity index (χ4v) is 2.79. The van der Waals surface area contributed by atoms with Crippen LogP contribution in [-0.2, 0) is 0 Å². The maximum Gasteiger partial charge on any atom is 0.293 e. The van der Waals surface area contributed by atoms with E-state index in [1.54, 1.807) is 0 Å². The Kier molecular flexibility index (Phi) is 3.71. The lowest BCUT2D eigenvalue weighted by Crippen LogP contribution is -2.41. The number of carbonyl (C=O) groups excluding carboxylic acids is 1. The summed E-state index contributed by atoms with van der Waals surface area (Å²) in [4.78, 5) is 18.2. The van der Waals surface area contributed by atoms with Gasteiger partial charge in [0.2, 0.25) is 5.82 Å². The number of H-pyrrole nitrogens is 1. The number of amides is 1. The Hall–Kier alpha value is -1.04. The monoisotopic (exact) mass is 254 g/mol. The summed E-state index contributed by atoms with van der Waals surface area (Å²) in [6.45, 7) is 7.76. The van der Waals surface area contributed by atoms with Gasteiger partial charge in [-0.1, -0.05) is 20.8 Å². The van der Waals surface area contributed by atoms with E-state index in [0.29, 0.717) is 11.1 Å². The van der Waals surface area contributed by atoms with Crippen LogP contribution in [0.5, 0.6) is 0 Å². The second-order valence-corrected chi connectivity index (χ2v) is 6.18. The molecule has 1 fully saturated rings. The fraction of sp³-hybridized carbons (Fsp3) is 0.727. The topological polar surface area (TPSA) is 61.9 Å². The zero-order chi connectivity index (χ0) is 12.4. The summed E-state index contributed by atoms with van der Waals surface area (Å²) in [5.74, 6) is 2.27. The molecule has 0 saturated carbocycles. The third kappa shape index (κ3) is 2.80. The molecule has 17 heavy (non-hydrogen) atoms. The maximum atomic E-state index is 12.2. The first-order valence-corrected chi connectivity index (χ1v) is 6.96. The lowest BCUT2D eigenvalue weighted by Gasteiger charge is -2.29. The van der Waals surface area contributed by atoms with Gasteiger partial charge < -0.3 is 4.90 Å². The number of aromatic nitrogens is 3. The SMILES string of the molecule is CC1CN(C(=O)c2n[nH]c(C(C)C)n2)CCS1. The molecule has 0 radical (unpaired) electrons. The summed E-state index contributed by atoms with van der Waals surface area (Å²) in [7, 11) is 0. The van der Waals surface area contributed by atoms with E-state index in [4.69, 9.17) is 0 Å². The lowest BCUT2D eigenvalue weighted by molar-refractivity contribution is 0.0751. The first-order chi connectivity index (χ1) is 8.08. The summed E-state index contributed by atoms with van der Waals surface area (Å²) in [6.07, 6.45) is 0. The molecule has 1 unspecified atom stereocenters. The Morgan fingerprint density at radius 2 is 2.35 bits per heavy atom. The third-order valence-corrected chi connectivity index (χ3v) is 3.91. The number of rotatable bonds is 2. The van der Waals surface area contributed by atoms with E-state index in [2.05, 4.69) is 22.1 Å². The van der Waals surface area contributed by atoms with Gasteiger partial charge in [0.25, 0.3) is 5.91 Å². The average Bonchev–Trinajstić information content (AvgIpc) is 2.77. The van der Waals surface area contributed by atoms with Gasteiger partial charge in [-0.05, 0) is 0 Å². The molecule has 2 rings (SSSR count). The Morgan fingerprint density at radius 1 is 1.59 bits per heavy atom. The summed E-state index contributed by atoms with van der Waals surface area (Å²) in [6, 6.07) is 0. The Balaban J connectivity index is 2.07. The minimum Gasteiger partial charge on any atom is -0.334 e. The van der Waals surface area contributed by atoms with Crippen molar-refractivity contribution < 1.29 is 4.79 Å². The van der Waals surface area contributed by atoms with Crippen LogP contribution >= 0.6 is 11.8 Å². The molecule has 5 nitrogen and oxygen atoms in total. The molecule has 0 aliphatic carbocycles. The highest BCUT2D eigenvalue weighted by Crippen LogP contribution is 2.19. The van der Waals surface area contributed by atoms with Crippen LogP contribution in [0.1, 0.15) is 43.1 Å². The van der Waals surface area contributed by atoms with Gasteiger partial charge in [-0.25, -0.2) is 4.98 Å². The molecular formula is C11H18N4OS. The molecule has 1 aliphatic heterocycles. The molecule has 1 N–H and O–H groups in total. The first-order valence-electron chi connectivity index (χ1n) is 5.91. The number of thioether (sulfide) groups is 1. The van der Waals surface area contributed by atoms with Crippen molar-refractivity contribution >= 4 is 17.7 Å². The van der Waals surface area contributed by atoms with Crippen molar-refractivity contribution in [2.24, 2.45) is 0 Å². The van der Waals surface area contributed by atoms with Crippen molar-refractivity contribution in [2.75, 3.05) is 18.8 Å². The highest BCUT2D eigenvalue weighted by Gasteiger charge is 2.25. The zero-order valence-corrected chi connectivity index (χ0v) is 11.3. The Morgan fingerprint density at radius 3 is 2.94 bits per heavy atom. The van der Waals surface area contributed by atoms with Crippen molar-refractivity contribution in [3.8, 4) is 0 Å². The number of hydrogen-bond donors (Lipinski definition) is 1. The summed E-state index contributed by atoms with van der Waals surface area (Å²) < 4.78 is 0. The smallest absolute Gasteiger partial charge is 0.293 e.